The summed E-state index contributed by atoms with van der Waals surface area (Å²) in [5.74, 6) is -1.54. The molecule has 0 bridgehead atoms. The van der Waals surface area contributed by atoms with Gasteiger partial charge in [-0.15, -0.1) is 60.0 Å². The van der Waals surface area contributed by atoms with Crippen LogP contribution in [0.4, 0.5) is 0 Å². The molecule has 1 atom stereocenters. The third-order valence-corrected chi connectivity index (χ3v) is 11.5. The monoisotopic (exact) mass is 827 g/mol. The van der Waals surface area contributed by atoms with E-state index in [0.29, 0.717) is 0 Å². The van der Waals surface area contributed by atoms with Gasteiger partial charge in [0.05, 0.1) is 8.07 Å². The van der Waals surface area contributed by atoms with Crippen molar-refractivity contribution in [2.24, 2.45) is 0 Å². The number of thiophene rings is 1. The Morgan fingerprint density at radius 3 is 2.32 bits per heavy atom. The number of aromatic nitrogens is 2. The van der Waals surface area contributed by atoms with E-state index in [1.54, 1.807) is 23.6 Å². The molecule has 4 aromatic carbocycles. The number of nitrogens with zero attached hydrogens (tertiary/aromatic N) is 2. The van der Waals surface area contributed by atoms with Gasteiger partial charge in [-0.2, -0.15) is 11.3 Å². The van der Waals surface area contributed by atoms with E-state index in [4.69, 9.17) is 2.74 Å². The molecule has 0 aliphatic carbocycles. The first-order valence-corrected chi connectivity index (χ1v) is 19.9. The van der Waals surface area contributed by atoms with Gasteiger partial charge in [-0.1, -0.05) is 111 Å². The number of hydrogen-bond acceptors (Lipinski definition) is 3. The van der Waals surface area contributed by atoms with Crippen LogP contribution in [0.15, 0.2) is 116 Å². The zero-order valence-corrected chi connectivity index (χ0v) is 31.9. The summed E-state index contributed by atoms with van der Waals surface area (Å²) in [6.45, 7) is 16.5. The Hall–Kier alpha value is -3.73. The fourth-order valence-electron chi connectivity index (χ4n) is 5.51. The maximum atomic E-state index is 8.57. The van der Waals surface area contributed by atoms with E-state index in [1.165, 1.54) is 21.3 Å². The van der Waals surface area contributed by atoms with E-state index in [1.807, 2.05) is 69.4 Å². The molecule has 0 fully saturated rings. The summed E-state index contributed by atoms with van der Waals surface area (Å²) in [4.78, 5) is 9.19. The van der Waals surface area contributed by atoms with Crippen molar-refractivity contribution < 1.29 is 22.8 Å². The van der Waals surface area contributed by atoms with Crippen molar-refractivity contribution in [1.29, 1.82) is 0 Å². The van der Waals surface area contributed by atoms with E-state index in [9.17, 15) is 0 Å². The minimum atomic E-state index is -1.23. The summed E-state index contributed by atoms with van der Waals surface area (Å²) in [6, 6.07) is 37.6. The summed E-state index contributed by atoms with van der Waals surface area (Å²) in [5.41, 5.74) is 5.68. The van der Waals surface area contributed by atoms with Crippen LogP contribution in [-0.4, -0.2) is 18.0 Å². The van der Waals surface area contributed by atoms with Gasteiger partial charge >= 0.3 is 0 Å². The van der Waals surface area contributed by atoms with Gasteiger partial charge in [0.25, 0.3) is 0 Å². The number of benzene rings is 4. The first-order chi connectivity index (χ1) is 22.8. The van der Waals surface area contributed by atoms with Crippen molar-refractivity contribution in [3.05, 3.63) is 139 Å². The van der Waals surface area contributed by atoms with Crippen LogP contribution in [0.5, 0.6) is 0 Å². The van der Waals surface area contributed by atoms with E-state index < -0.39 is 19.9 Å². The number of allylic oxidation sites excluding steroid dienone is 1. The molecule has 0 amide bonds. The second-order valence-corrected chi connectivity index (χ2v) is 19.0. The SMILES string of the molecule is C[Si](C)(C)c1ccc(-c2[c-]cccc2)nc1.[2H]C(C)(C)c1ccc2c(c1)sc1c(-c3cc(C([2H])(C)C=C)ccn3)[c-]c3ccccc3c12.[Ir]. The van der Waals surface area contributed by atoms with Crippen molar-refractivity contribution in [3.63, 3.8) is 0 Å². The fourth-order valence-corrected chi connectivity index (χ4v) is 7.81. The number of hydrogen-bond donors (Lipinski definition) is 0. The molecule has 0 N–H and O–H groups in total. The zero-order chi connectivity index (χ0) is 34.3. The maximum absolute atomic E-state index is 8.57. The van der Waals surface area contributed by atoms with Crippen molar-refractivity contribution in [2.45, 2.75) is 52.2 Å². The molecular weight excluding hydrogens is 785 g/mol. The molecule has 239 valence electrons. The van der Waals surface area contributed by atoms with E-state index in [2.05, 4.69) is 96.9 Å². The van der Waals surface area contributed by atoms with Crippen molar-refractivity contribution >= 4 is 55.5 Å². The Morgan fingerprint density at radius 2 is 1.64 bits per heavy atom. The van der Waals surface area contributed by atoms with E-state index >= 15 is 0 Å². The Morgan fingerprint density at radius 1 is 0.851 bits per heavy atom. The average Bonchev–Trinajstić information content (AvgIpc) is 3.47. The summed E-state index contributed by atoms with van der Waals surface area (Å²) >= 11 is 1.73. The van der Waals surface area contributed by atoms with Gasteiger partial charge in [0.2, 0.25) is 0 Å². The Labute approximate surface area is 300 Å². The Kier molecular flexibility index (Phi) is 9.88. The molecule has 3 aromatic heterocycles. The Bertz CT molecular complexity index is 2250. The van der Waals surface area contributed by atoms with Gasteiger partial charge in [-0.3, -0.25) is 4.98 Å². The quantitative estimate of drug-likeness (QED) is 0.0948. The molecule has 3 heterocycles. The minimum absolute atomic E-state index is 0. The van der Waals surface area contributed by atoms with Gasteiger partial charge in [0.15, 0.2) is 0 Å². The second-order valence-electron chi connectivity index (χ2n) is 12.8. The summed E-state index contributed by atoms with van der Waals surface area (Å²) in [6.07, 6.45) is 5.43. The number of rotatable bonds is 6. The van der Waals surface area contributed by atoms with Gasteiger partial charge in [-0.25, -0.2) is 0 Å². The largest absolute Gasteiger partial charge is 0.305 e. The van der Waals surface area contributed by atoms with Gasteiger partial charge < -0.3 is 4.98 Å². The Balaban J connectivity index is 0.000000233. The van der Waals surface area contributed by atoms with Crippen LogP contribution in [0, 0.1) is 12.1 Å². The summed E-state index contributed by atoms with van der Waals surface area (Å²) in [5, 5.41) is 6.00. The van der Waals surface area contributed by atoms with Crippen LogP contribution < -0.4 is 5.19 Å². The van der Waals surface area contributed by atoms with Crippen LogP contribution in [0.1, 0.15) is 46.4 Å². The molecule has 0 saturated carbocycles. The van der Waals surface area contributed by atoms with E-state index in [-0.39, 0.29) is 20.1 Å². The molecule has 7 aromatic rings. The van der Waals surface area contributed by atoms with Crippen LogP contribution in [0.25, 0.3) is 53.5 Å². The number of pyridine rings is 2. The molecule has 47 heavy (non-hydrogen) atoms. The first kappa shape index (κ1) is 31.8. The third-order valence-electron chi connectivity index (χ3n) is 8.34. The molecular formula is C42H40IrN2SSi-2. The topological polar surface area (TPSA) is 25.8 Å². The number of fused-ring (bicyclic) bond motifs is 5. The fraction of sp³-hybridized carbons (Fsp3) is 0.190. The zero-order valence-electron chi connectivity index (χ0n) is 29.7. The van der Waals surface area contributed by atoms with Crippen LogP contribution in [0.3, 0.4) is 0 Å². The normalized spacial score (nSPS) is 13.6. The molecule has 7 rings (SSSR count). The smallest absolute Gasteiger partial charge is 0.0795 e. The predicted molar refractivity (Wildman–Crippen MR) is 203 cm³/mol. The van der Waals surface area contributed by atoms with Crippen molar-refractivity contribution in [3.8, 4) is 22.5 Å². The molecule has 0 aliphatic heterocycles. The second kappa shape index (κ2) is 14.6. The molecule has 2 nitrogen and oxygen atoms in total. The third kappa shape index (κ3) is 7.39. The van der Waals surface area contributed by atoms with Crippen molar-refractivity contribution in [2.75, 3.05) is 0 Å². The van der Waals surface area contributed by atoms with Crippen molar-refractivity contribution in [1.82, 2.24) is 9.97 Å². The average molecular weight is 827 g/mol. The van der Waals surface area contributed by atoms with Crippen LogP contribution in [0.2, 0.25) is 19.6 Å². The standard InChI is InChI=1S/C28H24NS.C14H16NSi.Ir/c1-5-18(4)20-12-13-29-25(15-20)24-14-21-8-6-7-9-22(21)27-23-11-10-19(17(2)3)16-26(23)30-28(24)27;1-16(2,3)13-9-10-14(15-11-13)12-7-5-4-6-8-12;/h5-13,15-18H,1H2,2-4H3;4-7,9-11H,1-3H3;/q2*-1;/i17D,18D;;. The van der Waals surface area contributed by atoms with Crippen LogP contribution >= 0.6 is 11.3 Å². The van der Waals surface area contributed by atoms with Crippen LogP contribution in [-0.2, 0) is 20.1 Å². The molecule has 0 aliphatic rings. The summed E-state index contributed by atoms with van der Waals surface area (Å²) in [7, 11) is -1.23. The maximum Gasteiger partial charge on any atom is 0.0795 e. The molecule has 1 unspecified atom stereocenters. The molecule has 0 saturated heterocycles. The van der Waals surface area contributed by atoms with Gasteiger partial charge in [-0.05, 0) is 56.0 Å². The minimum Gasteiger partial charge on any atom is -0.305 e. The molecule has 5 heteroatoms. The first-order valence-electron chi connectivity index (χ1n) is 16.6. The van der Waals surface area contributed by atoms with Gasteiger partial charge in [0.1, 0.15) is 0 Å². The van der Waals surface area contributed by atoms with Gasteiger partial charge in [0, 0.05) is 45.6 Å². The van der Waals surface area contributed by atoms with E-state index in [0.717, 1.165) is 48.4 Å². The summed E-state index contributed by atoms with van der Waals surface area (Å²) < 4.78 is 19.3. The molecule has 1 radical (unpaired) electrons. The predicted octanol–water partition coefficient (Wildman–Crippen LogP) is 11.6. The molecule has 0 spiro atoms.